The number of benzene rings is 2. The van der Waals surface area contributed by atoms with Gasteiger partial charge < -0.3 is 15.8 Å². The summed E-state index contributed by atoms with van der Waals surface area (Å²) in [5.74, 6) is -1.71. The van der Waals surface area contributed by atoms with Crippen LogP contribution in [-0.4, -0.2) is 18.0 Å². The van der Waals surface area contributed by atoms with Crippen LogP contribution in [0.3, 0.4) is 0 Å². The van der Waals surface area contributed by atoms with Gasteiger partial charge in [-0.25, -0.2) is 4.79 Å². The van der Waals surface area contributed by atoms with Crippen molar-refractivity contribution in [1.82, 2.24) is 0 Å². The summed E-state index contributed by atoms with van der Waals surface area (Å²) in [6.07, 6.45) is -5.84. The van der Waals surface area contributed by atoms with Crippen LogP contribution in [0.4, 0.5) is 24.5 Å². The van der Waals surface area contributed by atoms with Crippen LogP contribution in [-0.2, 0) is 15.7 Å². The van der Waals surface area contributed by atoms with E-state index in [4.69, 9.17) is 15.7 Å². The summed E-state index contributed by atoms with van der Waals surface area (Å²) in [6.45, 7) is 1.29. The summed E-state index contributed by atoms with van der Waals surface area (Å²) >= 11 is 0. The monoisotopic (exact) mass is 377 g/mol. The quantitative estimate of drug-likeness (QED) is 0.628. The fourth-order valence-corrected chi connectivity index (χ4v) is 2.11. The molecule has 27 heavy (non-hydrogen) atoms. The molecule has 1 atom stereocenters. The van der Waals surface area contributed by atoms with E-state index in [9.17, 15) is 22.8 Å². The topological polar surface area (TPSA) is 105 Å². The standard InChI is InChI=1S/C18H14F3N3O3/c1-10(16(25)24-13-4-2-3-11(7-13)9-22)27-17(26)14-6-5-12(8-15(14)23)18(19,20)21/h2-8,10H,23H2,1H3,(H,24,25)/t10-/m1/s1. The maximum Gasteiger partial charge on any atom is 0.416 e. The van der Waals surface area contributed by atoms with Crippen LogP contribution in [0.2, 0.25) is 0 Å². The third-order valence-electron chi connectivity index (χ3n) is 3.51. The van der Waals surface area contributed by atoms with Gasteiger partial charge in [-0.15, -0.1) is 0 Å². The summed E-state index contributed by atoms with van der Waals surface area (Å²) in [5, 5.41) is 11.3. The number of halogens is 3. The predicted molar refractivity (Wildman–Crippen MR) is 90.5 cm³/mol. The Morgan fingerprint density at radius 2 is 1.93 bits per heavy atom. The normalized spacial score (nSPS) is 12.0. The van der Waals surface area contributed by atoms with Crippen molar-refractivity contribution >= 4 is 23.3 Å². The molecule has 1 amide bonds. The Labute approximate surface area is 152 Å². The van der Waals surface area contributed by atoms with Crippen molar-refractivity contribution in [2.75, 3.05) is 11.1 Å². The van der Waals surface area contributed by atoms with Crippen molar-refractivity contribution in [3.05, 3.63) is 59.2 Å². The number of hydrogen-bond donors (Lipinski definition) is 2. The fourth-order valence-electron chi connectivity index (χ4n) is 2.11. The fraction of sp³-hybridized carbons (Fsp3) is 0.167. The molecule has 0 fully saturated rings. The highest BCUT2D eigenvalue weighted by molar-refractivity contribution is 5.99. The number of nitriles is 1. The summed E-state index contributed by atoms with van der Waals surface area (Å²) in [7, 11) is 0. The molecule has 0 spiro atoms. The number of carbonyl (C=O) groups is 2. The molecule has 0 aliphatic heterocycles. The first kappa shape index (κ1) is 19.8. The van der Waals surface area contributed by atoms with E-state index in [2.05, 4.69) is 5.32 Å². The number of hydrogen-bond acceptors (Lipinski definition) is 5. The lowest BCUT2D eigenvalue weighted by Crippen LogP contribution is -2.30. The van der Waals surface area contributed by atoms with Crippen LogP contribution in [0.15, 0.2) is 42.5 Å². The number of nitrogens with two attached hydrogens (primary N) is 1. The summed E-state index contributed by atoms with van der Waals surface area (Å²) in [5.41, 5.74) is 4.46. The van der Waals surface area contributed by atoms with E-state index >= 15 is 0 Å². The van der Waals surface area contributed by atoms with Crippen LogP contribution in [0.5, 0.6) is 0 Å². The van der Waals surface area contributed by atoms with E-state index in [0.29, 0.717) is 23.4 Å². The molecule has 0 radical (unpaired) electrons. The third kappa shape index (κ3) is 4.98. The molecule has 0 aliphatic rings. The van der Waals surface area contributed by atoms with E-state index in [0.717, 1.165) is 6.07 Å². The van der Waals surface area contributed by atoms with Crippen LogP contribution in [0.1, 0.15) is 28.4 Å². The molecule has 140 valence electrons. The van der Waals surface area contributed by atoms with Crippen molar-refractivity contribution in [3.8, 4) is 6.07 Å². The minimum Gasteiger partial charge on any atom is -0.449 e. The number of ether oxygens (including phenoxy) is 1. The maximum absolute atomic E-state index is 12.6. The van der Waals surface area contributed by atoms with Gasteiger partial charge in [0.2, 0.25) is 0 Å². The maximum atomic E-state index is 12.6. The van der Waals surface area contributed by atoms with Crippen LogP contribution in [0, 0.1) is 11.3 Å². The molecule has 0 saturated heterocycles. The highest BCUT2D eigenvalue weighted by Gasteiger charge is 2.31. The Morgan fingerprint density at radius 3 is 2.52 bits per heavy atom. The van der Waals surface area contributed by atoms with Gasteiger partial charge in [-0.1, -0.05) is 6.07 Å². The highest BCUT2D eigenvalue weighted by atomic mass is 19.4. The van der Waals surface area contributed by atoms with Gasteiger partial charge in [0.1, 0.15) is 0 Å². The number of alkyl halides is 3. The first-order chi connectivity index (χ1) is 12.6. The summed E-state index contributed by atoms with van der Waals surface area (Å²) < 4.78 is 42.9. The van der Waals surface area contributed by atoms with Gasteiger partial charge in [0.25, 0.3) is 5.91 Å². The molecule has 6 nitrogen and oxygen atoms in total. The van der Waals surface area contributed by atoms with Gasteiger partial charge in [-0.3, -0.25) is 4.79 Å². The molecule has 0 unspecified atom stereocenters. The molecular weight excluding hydrogens is 363 g/mol. The number of nitrogens with one attached hydrogen (secondary N) is 1. The predicted octanol–water partition coefficient (Wildman–Crippen LogP) is 3.34. The minimum atomic E-state index is -4.60. The number of esters is 1. The molecule has 2 aromatic carbocycles. The van der Waals surface area contributed by atoms with Crippen LogP contribution < -0.4 is 11.1 Å². The van der Waals surface area contributed by atoms with Gasteiger partial charge in [-0.2, -0.15) is 18.4 Å². The minimum absolute atomic E-state index is 0.283. The average Bonchev–Trinajstić information content (AvgIpc) is 2.60. The van der Waals surface area contributed by atoms with Crippen molar-refractivity contribution in [2.24, 2.45) is 0 Å². The Bertz CT molecular complexity index is 920. The lowest BCUT2D eigenvalue weighted by Gasteiger charge is -2.15. The molecule has 2 rings (SSSR count). The molecule has 0 aromatic heterocycles. The van der Waals surface area contributed by atoms with Gasteiger partial charge in [0.05, 0.1) is 22.8 Å². The molecule has 9 heteroatoms. The Hall–Kier alpha value is -3.54. The number of nitrogens with zero attached hydrogens (tertiary/aromatic N) is 1. The second-order valence-electron chi connectivity index (χ2n) is 5.53. The largest absolute Gasteiger partial charge is 0.449 e. The summed E-state index contributed by atoms with van der Waals surface area (Å²) in [4.78, 5) is 24.2. The second-order valence-corrected chi connectivity index (χ2v) is 5.53. The van der Waals surface area contributed by atoms with E-state index < -0.39 is 35.4 Å². The Morgan fingerprint density at radius 1 is 1.22 bits per heavy atom. The van der Waals surface area contributed by atoms with E-state index in [-0.39, 0.29) is 5.56 Å². The molecular formula is C18H14F3N3O3. The van der Waals surface area contributed by atoms with Crippen molar-refractivity contribution in [2.45, 2.75) is 19.2 Å². The van der Waals surface area contributed by atoms with E-state index in [1.807, 2.05) is 6.07 Å². The Balaban J connectivity index is 2.06. The highest BCUT2D eigenvalue weighted by Crippen LogP contribution is 2.31. The molecule has 2 aromatic rings. The zero-order valence-corrected chi connectivity index (χ0v) is 14.0. The lowest BCUT2D eigenvalue weighted by molar-refractivity contribution is -0.137. The summed E-state index contributed by atoms with van der Waals surface area (Å²) in [6, 6.07) is 10.2. The van der Waals surface area contributed by atoms with Crippen molar-refractivity contribution in [1.29, 1.82) is 5.26 Å². The molecule has 3 N–H and O–H groups in total. The van der Waals surface area contributed by atoms with Crippen molar-refractivity contribution < 1.29 is 27.5 Å². The first-order valence-electron chi connectivity index (χ1n) is 7.60. The smallest absolute Gasteiger partial charge is 0.416 e. The van der Waals surface area contributed by atoms with Gasteiger partial charge in [0, 0.05) is 11.4 Å². The lowest BCUT2D eigenvalue weighted by atomic mass is 10.1. The van der Waals surface area contributed by atoms with Gasteiger partial charge >= 0.3 is 12.1 Å². The molecule has 0 aliphatic carbocycles. The van der Waals surface area contributed by atoms with E-state index in [1.165, 1.54) is 13.0 Å². The third-order valence-corrected chi connectivity index (χ3v) is 3.51. The van der Waals surface area contributed by atoms with Gasteiger partial charge in [-0.05, 0) is 43.3 Å². The van der Waals surface area contributed by atoms with Gasteiger partial charge in [0.15, 0.2) is 6.10 Å². The first-order valence-corrected chi connectivity index (χ1v) is 7.60. The Kier molecular flexibility index (Phi) is 5.70. The van der Waals surface area contributed by atoms with Crippen LogP contribution in [0.25, 0.3) is 0 Å². The molecule has 0 saturated carbocycles. The second kappa shape index (κ2) is 7.78. The number of amides is 1. The zero-order valence-electron chi connectivity index (χ0n) is 14.0. The number of carbonyl (C=O) groups excluding carboxylic acids is 2. The number of nitrogen functional groups attached to an aromatic ring is 1. The van der Waals surface area contributed by atoms with E-state index in [1.54, 1.807) is 18.2 Å². The zero-order chi connectivity index (χ0) is 20.2. The molecule has 0 heterocycles. The number of rotatable bonds is 4. The SMILES string of the molecule is C[C@@H](OC(=O)c1ccc(C(F)(F)F)cc1N)C(=O)Nc1cccc(C#N)c1. The molecule has 0 bridgehead atoms. The van der Waals surface area contributed by atoms with Crippen molar-refractivity contribution in [3.63, 3.8) is 0 Å². The average molecular weight is 377 g/mol. The number of anilines is 2. The van der Waals surface area contributed by atoms with Crippen LogP contribution >= 0.6 is 0 Å².